The lowest BCUT2D eigenvalue weighted by atomic mass is 10.0. The van der Waals surface area contributed by atoms with E-state index in [9.17, 15) is 9.59 Å². The smallest absolute Gasteiger partial charge is 0.308 e. The largest absolute Gasteiger partial charge is 0.463 e. The summed E-state index contributed by atoms with van der Waals surface area (Å²) in [5.41, 5.74) is 3.17. The molecule has 0 aliphatic carbocycles. The number of hydrogen-bond donors (Lipinski definition) is 1. The third-order valence-corrected chi connectivity index (χ3v) is 4.48. The molecule has 1 N–H and O–H groups in total. The predicted octanol–water partition coefficient (Wildman–Crippen LogP) is 3.45. The third-order valence-electron chi connectivity index (χ3n) is 4.48. The van der Waals surface area contributed by atoms with Crippen LogP contribution in [0.25, 0.3) is 0 Å². The molecular weight excluding hydrogens is 380 g/mol. The molecule has 156 valence electrons. The van der Waals surface area contributed by atoms with E-state index < -0.39 is 11.9 Å². The topological polar surface area (TPSA) is 86.1 Å². The minimum Gasteiger partial charge on any atom is -0.463 e. The van der Waals surface area contributed by atoms with Crippen molar-refractivity contribution in [3.63, 3.8) is 0 Å². The van der Waals surface area contributed by atoms with Gasteiger partial charge in [0, 0.05) is 0 Å². The number of aromatic nitrogens is 3. The molecule has 1 unspecified atom stereocenters. The highest BCUT2D eigenvalue weighted by molar-refractivity contribution is 5.92. The van der Waals surface area contributed by atoms with Crippen molar-refractivity contribution in [1.82, 2.24) is 20.3 Å². The van der Waals surface area contributed by atoms with Crippen LogP contribution in [-0.4, -0.2) is 33.0 Å². The van der Waals surface area contributed by atoms with E-state index in [-0.39, 0.29) is 24.2 Å². The summed E-state index contributed by atoms with van der Waals surface area (Å²) in [6.45, 7) is 6.09. The maximum atomic E-state index is 12.8. The van der Waals surface area contributed by atoms with Crippen LogP contribution in [0.3, 0.4) is 0 Å². The Bertz CT molecular complexity index is 981. The summed E-state index contributed by atoms with van der Waals surface area (Å²) in [6.07, 6.45) is 1.41. The number of esters is 1. The second-order valence-corrected chi connectivity index (χ2v) is 7.47. The van der Waals surface area contributed by atoms with Crippen LogP contribution in [0.2, 0.25) is 0 Å². The van der Waals surface area contributed by atoms with E-state index in [1.54, 1.807) is 24.7 Å². The van der Waals surface area contributed by atoms with Crippen LogP contribution >= 0.6 is 0 Å². The molecule has 0 saturated carbocycles. The van der Waals surface area contributed by atoms with Gasteiger partial charge in [-0.05, 0) is 31.9 Å². The van der Waals surface area contributed by atoms with E-state index >= 15 is 0 Å². The molecule has 0 aliphatic rings. The highest BCUT2D eigenvalue weighted by atomic mass is 16.5. The third kappa shape index (κ3) is 6.01. The number of nitrogens with one attached hydrogen (secondary N) is 1. The zero-order chi connectivity index (χ0) is 21.5. The van der Waals surface area contributed by atoms with Crippen LogP contribution in [-0.2, 0) is 16.1 Å². The number of hydrogen-bond acceptors (Lipinski definition) is 5. The summed E-state index contributed by atoms with van der Waals surface area (Å²) in [5, 5.41) is 10.9. The van der Waals surface area contributed by atoms with E-state index in [2.05, 4.69) is 15.6 Å². The number of benzene rings is 2. The van der Waals surface area contributed by atoms with E-state index in [1.165, 1.54) is 0 Å². The number of amides is 1. The molecule has 0 saturated heterocycles. The molecule has 0 radical (unpaired) electrons. The molecule has 1 atom stereocenters. The number of rotatable bonds is 8. The van der Waals surface area contributed by atoms with Gasteiger partial charge in [0.25, 0.3) is 5.91 Å². The number of nitrogens with zero attached hydrogens (tertiary/aromatic N) is 3. The Hall–Kier alpha value is -3.48. The zero-order valence-corrected chi connectivity index (χ0v) is 17.4. The lowest BCUT2D eigenvalue weighted by Crippen LogP contribution is -2.31. The minimum atomic E-state index is -0.524. The zero-order valence-electron chi connectivity index (χ0n) is 17.4. The maximum absolute atomic E-state index is 12.8. The monoisotopic (exact) mass is 406 g/mol. The number of carbonyl (C=O) groups is 2. The van der Waals surface area contributed by atoms with Gasteiger partial charge in [-0.25, -0.2) is 4.68 Å². The molecular formula is C23H26N4O3. The van der Waals surface area contributed by atoms with Crippen molar-refractivity contribution in [3.8, 4) is 0 Å². The van der Waals surface area contributed by atoms with Crippen LogP contribution in [0, 0.1) is 6.92 Å². The first-order valence-electron chi connectivity index (χ1n) is 9.91. The van der Waals surface area contributed by atoms with E-state index in [0.717, 1.165) is 16.7 Å². The fourth-order valence-electron chi connectivity index (χ4n) is 3.01. The molecule has 3 aromatic rings. The number of carbonyl (C=O) groups excluding carboxylic acids is 2. The summed E-state index contributed by atoms with van der Waals surface area (Å²) in [4.78, 5) is 25.0. The maximum Gasteiger partial charge on any atom is 0.308 e. The van der Waals surface area contributed by atoms with Crippen molar-refractivity contribution in [1.29, 1.82) is 0 Å². The van der Waals surface area contributed by atoms with Gasteiger partial charge >= 0.3 is 5.97 Å². The Morgan fingerprint density at radius 2 is 1.77 bits per heavy atom. The van der Waals surface area contributed by atoms with Gasteiger partial charge in [-0.1, -0.05) is 65.4 Å². The van der Waals surface area contributed by atoms with Crippen LogP contribution in [0.4, 0.5) is 0 Å². The molecule has 0 bridgehead atoms. The molecule has 7 nitrogen and oxygen atoms in total. The normalized spacial score (nSPS) is 11.9. The Labute approximate surface area is 176 Å². The second kappa shape index (κ2) is 9.82. The van der Waals surface area contributed by atoms with Crippen molar-refractivity contribution >= 4 is 11.9 Å². The highest BCUT2D eigenvalue weighted by Crippen LogP contribution is 2.19. The Kier molecular flexibility index (Phi) is 6.95. The van der Waals surface area contributed by atoms with Crippen LogP contribution in [0.15, 0.2) is 60.8 Å². The van der Waals surface area contributed by atoms with Crippen molar-refractivity contribution in [2.75, 3.05) is 0 Å². The number of aryl methyl sites for hydroxylation is 1. The average molecular weight is 406 g/mol. The summed E-state index contributed by atoms with van der Waals surface area (Å²) in [6, 6.07) is 17.0. The molecule has 7 heteroatoms. The number of ether oxygens (including phenoxy) is 1. The van der Waals surface area contributed by atoms with E-state index in [1.807, 2.05) is 61.5 Å². The summed E-state index contributed by atoms with van der Waals surface area (Å²) in [7, 11) is 0. The summed E-state index contributed by atoms with van der Waals surface area (Å²) < 4.78 is 6.87. The fraction of sp³-hybridized carbons (Fsp3) is 0.304. The standard InChI is InChI=1S/C23H26N4O3/c1-16(2)30-22(28)13-20(19-11-9-17(3)10-12-19)24-23(29)21-15-27(26-25-21)14-18-7-5-4-6-8-18/h4-12,15-16,20H,13-14H2,1-3H3,(H,24,29). The van der Waals surface area contributed by atoms with Gasteiger partial charge in [-0.15, -0.1) is 5.10 Å². The van der Waals surface area contributed by atoms with Gasteiger partial charge in [-0.3, -0.25) is 9.59 Å². The van der Waals surface area contributed by atoms with Crippen molar-refractivity contribution in [2.24, 2.45) is 0 Å². The van der Waals surface area contributed by atoms with Crippen LogP contribution in [0.5, 0.6) is 0 Å². The van der Waals surface area contributed by atoms with Gasteiger partial charge < -0.3 is 10.1 Å². The van der Waals surface area contributed by atoms with E-state index in [0.29, 0.717) is 6.54 Å². The molecule has 3 rings (SSSR count). The van der Waals surface area contributed by atoms with Gasteiger partial charge in [0.15, 0.2) is 5.69 Å². The Morgan fingerprint density at radius 3 is 2.43 bits per heavy atom. The van der Waals surface area contributed by atoms with E-state index in [4.69, 9.17) is 4.74 Å². The summed E-state index contributed by atoms with van der Waals surface area (Å²) >= 11 is 0. The SMILES string of the molecule is Cc1ccc(C(CC(=O)OC(C)C)NC(=O)c2cn(Cc3ccccc3)nn2)cc1. The first-order valence-corrected chi connectivity index (χ1v) is 9.91. The van der Waals surface area contributed by atoms with Gasteiger partial charge in [0.1, 0.15) is 0 Å². The summed E-state index contributed by atoms with van der Waals surface area (Å²) in [5.74, 6) is -0.763. The van der Waals surface area contributed by atoms with Crippen molar-refractivity contribution in [3.05, 3.63) is 83.2 Å². The van der Waals surface area contributed by atoms with Gasteiger partial charge in [0.2, 0.25) is 0 Å². The lowest BCUT2D eigenvalue weighted by molar-refractivity contribution is -0.147. The molecule has 1 heterocycles. The van der Waals surface area contributed by atoms with Crippen LogP contribution in [0.1, 0.15) is 53.5 Å². The molecule has 1 aromatic heterocycles. The van der Waals surface area contributed by atoms with Crippen LogP contribution < -0.4 is 5.32 Å². The Balaban J connectivity index is 1.72. The second-order valence-electron chi connectivity index (χ2n) is 7.47. The first-order chi connectivity index (χ1) is 14.4. The van der Waals surface area contributed by atoms with Gasteiger partial charge in [0.05, 0.1) is 31.3 Å². The molecule has 0 spiro atoms. The fourth-order valence-corrected chi connectivity index (χ4v) is 3.01. The van der Waals surface area contributed by atoms with Crippen molar-refractivity contribution < 1.29 is 14.3 Å². The van der Waals surface area contributed by atoms with Gasteiger partial charge in [-0.2, -0.15) is 0 Å². The average Bonchev–Trinajstić information content (AvgIpc) is 3.17. The van der Waals surface area contributed by atoms with Crippen molar-refractivity contribution in [2.45, 2.75) is 45.9 Å². The highest BCUT2D eigenvalue weighted by Gasteiger charge is 2.22. The molecule has 1 amide bonds. The predicted molar refractivity (Wildman–Crippen MR) is 113 cm³/mol. The lowest BCUT2D eigenvalue weighted by Gasteiger charge is -2.19. The minimum absolute atomic E-state index is 0.0329. The Morgan fingerprint density at radius 1 is 1.07 bits per heavy atom. The molecule has 2 aromatic carbocycles. The molecule has 0 fully saturated rings. The molecule has 0 aliphatic heterocycles. The molecule has 30 heavy (non-hydrogen) atoms. The first kappa shape index (κ1) is 21.2. The quantitative estimate of drug-likeness (QED) is 0.579.